The Bertz CT molecular complexity index is 496. The summed E-state index contributed by atoms with van der Waals surface area (Å²) in [6.07, 6.45) is 1.23. The summed E-state index contributed by atoms with van der Waals surface area (Å²) < 4.78 is 4.57. The Hall–Kier alpha value is -2.37. The van der Waals surface area contributed by atoms with Crippen LogP contribution in [-0.2, 0) is 6.54 Å². The molecule has 17 heavy (non-hydrogen) atoms. The van der Waals surface area contributed by atoms with Gasteiger partial charge in [-0.15, -0.1) is 0 Å². The molecule has 0 aliphatic rings. The second kappa shape index (κ2) is 5.11. The molecule has 2 aromatic rings. The van der Waals surface area contributed by atoms with Crippen molar-refractivity contribution in [2.24, 2.45) is 0 Å². The Morgan fingerprint density at radius 2 is 2.24 bits per heavy atom. The topological polar surface area (TPSA) is 80.0 Å². The zero-order valence-corrected chi connectivity index (χ0v) is 9.30. The van der Waals surface area contributed by atoms with E-state index in [1.807, 2.05) is 18.2 Å². The number of carbonyl (C=O) groups excluding carboxylic acids is 1. The number of hydrogen-bond acceptors (Lipinski definition) is 5. The first-order valence-corrected chi connectivity index (χ1v) is 5.11. The van der Waals surface area contributed by atoms with Crippen molar-refractivity contribution in [2.45, 2.75) is 6.54 Å². The number of amides is 1. The lowest BCUT2D eigenvalue weighted by Gasteiger charge is -2.08. The lowest BCUT2D eigenvalue weighted by atomic mass is 10.1. The van der Waals surface area contributed by atoms with Gasteiger partial charge in [-0.1, -0.05) is 17.3 Å². The predicted octanol–water partition coefficient (Wildman–Crippen LogP) is 1.04. The van der Waals surface area contributed by atoms with E-state index >= 15 is 0 Å². The standard InChI is InChI=1S/C11H12N4O2/c1-12-9-5-3-2-4-8(9)11(16)13-6-10-14-7-17-15-10/h2-5,7,12H,6H2,1H3,(H,13,16). The van der Waals surface area contributed by atoms with Gasteiger partial charge in [0.05, 0.1) is 12.1 Å². The maximum absolute atomic E-state index is 11.9. The van der Waals surface area contributed by atoms with Gasteiger partial charge >= 0.3 is 0 Å². The highest BCUT2D eigenvalue weighted by Gasteiger charge is 2.10. The molecule has 1 amide bonds. The highest BCUT2D eigenvalue weighted by molar-refractivity contribution is 5.99. The van der Waals surface area contributed by atoms with Crippen LogP contribution in [0.3, 0.4) is 0 Å². The molecule has 0 fully saturated rings. The van der Waals surface area contributed by atoms with Gasteiger partial charge in [0.25, 0.3) is 5.91 Å². The fourth-order valence-electron chi connectivity index (χ4n) is 1.42. The minimum Gasteiger partial charge on any atom is -0.387 e. The average molecular weight is 232 g/mol. The van der Waals surface area contributed by atoms with E-state index in [0.29, 0.717) is 11.4 Å². The van der Waals surface area contributed by atoms with Crippen molar-refractivity contribution in [3.63, 3.8) is 0 Å². The molecule has 0 atom stereocenters. The van der Waals surface area contributed by atoms with E-state index in [1.165, 1.54) is 6.39 Å². The van der Waals surface area contributed by atoms with Crippen LogP contribution in [0.1, 0.15) is 16.2 Å². The van der Waals surface area contributed by atoms with E-state index in [9.17, 15) is 4.79 Å². The van der Waals surface area contributed by atoms with Crippen LogP contribution in [0.15, 0.2) is 35.2 Å². The Balaban J connectivity index is 2.04. The van der Waals surface area contributed by atoms with Crippen molar-refractivity contribution in [3.05, 3.63) is 42.0 Å². The summed E-state index contributed by atoms with van der Waals surface area (Å²) in [7, 11) is 1.77. The molecule has 0 unspecified atom stereocenters. The summed E-state index contributed by atoms with van der Waals surface area (Å²) >= 11 is 0. The van der Waals surface area contributed by atoms with Gasteiger partial charge in [-0.3, -0.25) is 4.79 Å². The van der Waals surface area contributed by atoms with Gasteiger partial charge in [0.15, 0.2) is 5.82 Å². The van der Waals surface area contributed by atoms with Gasteiger partial charge in [-0.2, -0.15) is 4.98 Å². The summed E-state index contributed by atoms with van der Waals surface area (Å²) in [6.45, 7) is 0.243. The van der Waals surface area contributed by atoms with E-state index in [1.54, 1.807) is 13.1 Å². The normalized spacial score (nSPS) is 9.94. The van der Waals surface area contributed by atoms with Gasteiger partial charge < -0.3 is 15.2 Å². The third-order valence-corrected chi connectivity index (χ3v) is 2.26. The van der Waals surface area contributed by atoms with Crippen molar-refractivity contribution in [1.29, 1.82) is 0 Å². The number of aromatic nitrogens is 2. The molecule has 0 aliphatic carbocycles. The summed E-state index contributed by atoms with van der Waals surface area (Å²) in [5.41, 5.74) is 1.36. The fraction of sp³-hybridized carbons (Fsp3) is 0.182. The molecule has 1 aromatic heterocycles. The lowest BCUT2D eigenvalue weighted by Crippen LogP contribution is -2.24. The lowest BCUT2D eigenvalue weighted by molar-refractivity contribution is 0.0950. The molecule has 1 heterocycles. The van der Waals surface area contributed by atoms with Gasteiger partial charge in [0.1, 0.15) is 0 Å². The maximum Gasteiger partial charge on any atom is 0.253 e. The molecule has 0 saturated heterocycles. The molecule has 2 N–H and O–H groups in total. The number of hydrogen-bond donors (Lipinski definition) is 2. The van der Waals surface area contributed by atoms with Crippen molar-refractivity contribution < 1.29 is 9.32 Å². The third-order valence-electron chi connectivity index (χ3n) is 2.26. The van der Waals surface area contributed by atoms with Crippen LogP contribution in [0.25, 0.3) is 0 Å². The predicted molar refractivity (Wildman–Crippen MR) is 61.5 cm³/mol. The molecule has 2 rings (SSSR count). The molecule has 1 aromatic carbocycles. The fourth-order valence-corrected chi connectivity index (χ4v) is 1.42. The Morgan fingerprint density at radius 1 is 1.41 bits per heavy atom. The third kappa shape index (κ3) is 2.60. The van der Waals surface area contributed by atoms with Crippen LogP contribution in [0.2, 0.25) is 0 Å². The smallest absolute Gasteiger partial charge is 0.253 e. The van der Waals surface area contributed by atoms with Crippen molar-refractivity contribution >= 4 is 11.6 Å². The molecule has 0 bridgehead atoms. The number of rotatable bonds is 4. The maximum atomic E-state index is 11.9. The van der Waals surface area contributed by atoms with E-state index in [0.717, 1.165) is 5.69 Å². The molecule has 0 spiro atoms. The van der Waals surface area contributed by atoms with Crippen molar-refractivity contribution in [1.82, 2.24) is 15.5 Å². The monoisotopic (exact) mass is 232 g/mol. The second-order valence-corrected chi connectivity index (χ2v) is 3.33. The van der Waals surface area contributed by atoms with Crippen molar-refractivity contribution in [2.75, 3.05) is 12.4 Å². The highest BCUT2D eigenvalue weighted by atomic mass is 16.5. The first kappa shape index (κ1) is 11.1. The number of carbonyl (C=O) groups is 1. The quantitative estimate of drug-likeness (QED) is 0.823. The molecule has 6 heteroatoms. The largest absolute Gasteiger partial charge is 0.387 e. The Morgan fingerprint density at radius 3 is 2.94 bits per heavy atom. The van der Waals surface area contributed by atoms with Crippen LogP contribution in [-0.4, -0.2) is 23.1 Å². The van der Waals surface area contributed by atoms with E-state index in [-0.39, 0.29) is 12.5 Å². The average Bonchev–Trinajstić information content (AvgIpc) is 2.89. The van der Waals surface area contributed by atoms with E-state index in [2.05, 4.69) is 25.3 Å². The summed E-state index contributed by atoms with van der Waals surface area (Å²) in [5.74, 6) is 0.264. The summed E-state index contributed by atoms with van der Waals surface area (Å²) in [5, 5.41) is 9.28. The van der Waals surface area contributed by atoms with Crippen LogP contribution in [0.5, 0.6) is 0 Å². The molecule has 6 nitrogen and oxygen atoms in total. The zero-order chi connectivity index (χ0) is 12.1. The molecule has 0 saturated carbocycles. The first-order chi connectivity index (χ1) is 8.31. The number of nitrogens with one attached hydrogen (secondary N) is 2. The number of nitrogens with zero attached hydrogens (tertiary/aromatic N) is 2. The van der Waals surface area contributed by atoms with Gasteiger partial charge in [-0.25, -0.2) is 0 Å². The number of para-hydroxylation sites is 1. The highest BCUT2D eigenvalue weighted by Crippen LogP contribution is 2.13. The second-order valence-electron chi connectivity index (χ2n) is 3.33. The molecule has 88 valence electrons. The van der Waals surface area contributed by atoms with Crippen LogP contribution < -0.4 is 10.6 Å². The molecule has 0 radical (unpaired) electrons. The summed E-state index contributed by atoms with van der Waals surface area (Å²) in [6, 6.07) is 7.26. The van der Waals surface area contributed by atoms with Crippen LogP contribution in [0.4, 0.5) is 5.69 Å². The minimum atomic E-state index is -0.181. The van der Waals surface area contributed by atoms with E-state index in [4.69, 9.17) is 0 Å². The van der Waals surface area contributed by atoms with E-state index < -0.39 is 0 Å². The van der Waals surface area contributed by atoms with Gasteiger partial charge in [0.2, 0.25) is 6.39 Å². The van der Waals surface area contributed by atoms with Crippen molar-refractivity contribution in [3.8, 4) is 0 Å². The van der Waals surface area contributed by atoms with Crippen LogP contribution in [0, 0.1) is 0 Å². The number of benzene rings is 1. The minimum absolute atomic E-state index is 0.181. The Kier molecular flexibility index (Phi) is 3.34. The Labute approximate surface area is 98.0 Å². The summed E-state index contributed by atoms with van der Waals surface area (Å²) in [4.78, 5) is 15.7. The molecule has 0 aliphatic heterocycles. The number of anilines is 1. The molecular weight excluding hydrogens is 220 g/mol. The van der Waals surface area contributed by atoms with Crippen LogP contribution >= 0.6 is 0 Å². The molecular formula is C11H12N4O2. The van der Waals surface area contributed by atoms with Gasteiger partial charge in [0, 0.05) is 12.7 Å². The SMILES string of the molecule is CNc1ccccc1C(=O)NCc1ncon1. The van der Waals surface area contributed by atoms with Gasteiger partial charge in [-0.05, 0) is 12.1 Å². The zero-order valence-electron chi connectivity index (χ0n) is 9.30. The first-order valence-electron chi connectivity index (χ1n) is 5.11.